The molecule has 1 aliphatic carbocycles. The first-order chi connectivity index (χ1) is 16.4. The molecule has 0 aliphatic heterocycles. The standard InChI is InChI=1S/C25H30N8O/c1-15(2)31-25(29-14-26)28-11-17-5-4-6-19(9-17)20-10-22-23(32-16(3)18-7-8-18)21(24(27)34)12-30-33(22)13-20/h4-6,9-10,12-13,15-16,18,32H,7-8,11H2,1-3H3,(H2,27,34)(H2,28,29,31). The van der Waals surface area contributed by atoms with Crippen molar-refractivity contribution in [3.63, 3.8) is 0 Å². The Morgan fingerprint density at radius 3 is 2.76 bits per heavy atom. The van der Waals surface area contributed by atoms with E-state index in [4.69, 9.17) is 11.0 Å². The summed E-state index contributed by atoms with van der Waals surface area (Å²) in [4.78, 5) is 16.6. The summed E-state index contributed by atoms with van der Waals surface area (Å²) in [5, 5.41) is 22.6. The van der Waals surface area contributed by atoms with E-state index in [0.29, 0.717) is 24.0 Å². The van der Waals surface area contributed by atoms with Crippen LogP contribution in [0, 0.1) is 17.4 Å². The van der Waals surface area contributed by atoms with E-state index in [1.165, 1.54) is 19.0 Å². The highest BCUT2D eigenvalue weighted by Crippen LogP contribution is 2.36. The van der Waals surface area contributed by atoms with Crippen LogP contribution in [-0.2, 0) is 6.54 Å². The number of carbonyl (C=O) groups excluding carboxylic acids is 1. The van der Waals surface area contributed by atoms with Crippen molar-refractivity contribution >= 4 is 23.1 Å². The molecule has 2 heterocycles. The summed E-state index contributed by atoms with van der Waals surface area (Å²) in [5.41, 5.74) is 10.6. The Morgan fingerprint density at radius 2 is 2.09 bits per heavy atom. The van der Waals surface area contributed by atoms with Gasteiger partial charge in [0.1, 0.15) is 0 Å². The predicted octanol–water partition coefficient (Wildman–Crippen LogP) is 3.24. The number of fused-ring (bicyclic) bond motifs is 1. The summed E-state index contributed by atoms with van der Waals surface area (Å²) >= 11 is 0. The largest absolute Gasteiger partial charge is 0.380 e. The number of nitrogens with two attached hydrogens (primary N) is 1. The van der Waals surface area contributed by atoms with Gasteiger partial charge in [-0.1, -0.05) is 18.2 Å². The fourth-order valence-electron chi connectivity index (χ4n) is 3.96. The van der Waals surface area contributed by atoms with Crippen molar-refractivity contribution < 1.29 is 4.79 Å². The highest BCUT2D eigenvalue weighted by molar-refractivity contribution is 6.02. The molecule has 0 bridgehead atoms. The molecule has 1 aliphatic rings. The SMILES string of the molecule is CC(C)NC(=NCc1cccc(-c2cc3c(NC(C)C4CC4)c(C(N)=O)cnn3c2)c1)NC#N. The van der Waals surface area contributed by atoms with E-state index in [-0.39, 0.29) is 12.1 Å². The number of anilines is 1. The van der Waals surface area contributed by atoms with E-state index < -0.39 is 5.91 Å². The quantitative estimate of drug-likeness (QED) is 0.177. The first-order valence-electron chi connectivity index (χ1n) is 11.5. The molecule has 0 spiro atoms. The number of guanidine groups is 1. The first kappa shape index (κ1) is 23.1. The van der Waals surface area contributed by atoms with Gasteiger partial charge in [0, 0.05) is 23.8 Å². The van der Waals surface area contributed by atoms with Crippen LogP contribution in [0.4, 0.5) is 5.69 Å². The Bertz CT molecular complexity index is 1270. The van der Waals surface area contributed by atoms with Gasteiger partial charge in [0.2, 0.25) is 5.96 Å². The molecule has 34 heavy (non-hydrogen) atoms. The number of nitrogens with zero attached hydrogens (tertiary/aromatic N) is 4. The lowest BCUT2D eigenvalue weighted by Crippen LogP contribution is -2.38. The lowest BCUT2D eigenvalue weighted by molar-refractivity contribution is 0.100. The monoisotopic (exact) mass is 458 g/mol. The number of nitrogens with one attached hydrogen (secondary N) is 3. The maximum Gasteiger partial charge on any atom is 0.252 e. The molecule has 1 amide bonds. The maximum atomic E-state index is 12.1. The molecule has 3 aromatic rings. The molecule has 1 saturated carbocycles. The number of hydrogen-bond acceptors (Lipinski definition) is 5. The van der Waals surface area contributed by atoms with E-state index in [2.05, 4.69) is 39.0 Å². The van der Waals surface area contributed by atoms with Gasteiger partial charge in [-0.3, -0.25) is 10.1 Å². The molecular weight excluding hydrogens is 428 g/mol. The third-order valence-corrected chi connectivity index (χ3v) is 5.88. The molecule has 1 atom stereocenters. The van der Waals surface area contributed by atoms with E-state index in [9.17, 15) is 4.79 Å². The Balaban J connectivity index is 1.65. The van der Waals surface area contributed by atoms with Gasteiger partial charge in [0.05, 0.1) is 29.5 Å². The van der Waals surface area contributed by atoms with Crippen LogP contribution in [-0.4, -0.2) is 33.6 Å². The average Bonchev–Trinajstić information content (AvgIpc) is 3.56. The Hall–Kier alpha value is -4.06. The molecule has 4 rings (SSSR count). The molecule has 1 aromatic carbocycles. The molecule has 1 fully saturated rings. The summed E-state index contributed by atoms with van der Waals surface area (Å²) in [6.45, 7) is 6.52. The highest BCUT2D eigenvalue weighted by atomic mass is 16.1. The number of nitriles is 1. The number of rotatable bonds is 8. The Kier molecular flexibility index (Phi) is 6.68. The van der Waals surface area contributed by atoms with Gasteiger partial charge < -0.3 is 16.4 Å². The molecule has 9 heteroatoms. The van der Waals surface area contributed by atoms with Crippen LogP contribution >= 0.6 is 0 Å². The van der Waals surface area contributed by atoms with Crippen LogP contribution < -0.4 is 21.7 Å². The summed E-state index contributed by atoms with van der Waals surface area (Å²) in [5.74, 6) is 0.562. The third kappa shape index (κ3) is 5.29. The fraction of sp³-hybridized carbons (Fsp3) is 0.360. The maximum absolute atomic E-state index is 12.1. The molecule has 5 N–H and O–H groups in total. The van der Waals surface area contributed by atoms with Crippen molar-refractivity contribution in [3.8, 4) is 17.3 Å². The second kappa shape index (κ2) is 9.83. The smallest absolute Gasteiger partial charge is 0.252 e. The third-order valence-electron chi connectivity index (χ3n) is 5.88. The summed E-state index contributed by atoms with van der Waals surface area (Å²) in [6.07, 6.45) is 7.77. The van der Waals surface area contributed by atoms with Crippen LogP contribution in [0.3, 0.4) is 0 Å². The van der Waals surface area contributed by atoms with Crippen molar-refractivity contribution in [2.24, 2.45) is 16.6 Å². The van der Waals surface area contributed by atoms with Crippen molar-refractivity contribution in [2.75, 3.05) is 5.32 Å². The van der Waals surface area contributed by atoms with Crippen LogP contribution in [0.15, 0.2) is 47.7 Å². The topological polar surface area (TPSA) is 133 Å². The summed E-state index contributed by atoms with van der Waals surface area (Å²) in [6, 6.07) is 10.5. The van der Waals surface area contributed by atoms with E-state index >= 15 is 0 Å². The number of carbonyl (C=O) groups is 1. The van der Waals surface area contributed by atoms with Crippen molar-refractivity contribution in [1.29, 1.82) is 5.26 Å². The van der Waals surface area contributed by atoms with Gasteiger partial charge >= 0.3 is 0 Å². The molecule has 1 unspecified atom stereocenters. The van der Waals surface area contributed by atoms with Gasteiger partial charge in [-0.15, -0.1) is 0 Å². The van der Waals surface area contributed by atoms with Crippen LogP contribution in [0.1, 0.15) is 49.5 Å². The highest BCUT2D eigenvalue weighted by Gasteiger charge is 2.29. The number of aromatic nitrogens is 2. The average molecular weight is 459 g/mol. The van der Waals surface area contributed by atoms with Crippen LogP contribution in [0.25, 0.3) is 16.6 Å². The first-order valence-corrected chi connectivity index (χ1v) is 11.5. The lowest BCUT2D eigenvalue weighted by Gasteiger charge is -2.17. The predicted molar refractivity (Wildman–Crippen MR) is 133 cm³/mol. The minimum Gasteiger partial charge on any atom is -0.380 e. The van der Waals surface area contributed by atoms with E-state index in [1.807, 2.05) is 50.5 Å². The number of aliphatic imine (C=N–C) groups is 1. The number of primary amides is 1. The van der Waals surface area contributed by atoms with Crippen molar-refractivity contribution in [1.82, 2.24) is 20.2 Å². The van der Waals surface area contributed by atoms with E-state index in [1.54, 1.807) is 4.52 Å². The van der Waals surface area contributed by atoms with Crippen LogP contribution in [0.5, 0.6) is 0 Å². The Morgan fingerprint density at radius 1 is 1.29 bits per heavy atom. The number of amides is 1. The van der Waals surface area contributed by atoms with Crippen molar-refractivity contribution in [2.45, 2.75) is 52.2 Å². The zero-order valence-electron chi connectivity index (χ0n) is 19.7. The van der Waals surface area contributed by atoms with Gasteiger partial charge in [-0.05, 0) is 62.8 Å². The zero-order chi connectivity index (χ0) is 24.2. The second-order valence-corrected chi connectivity index (χ2v) is 9.03. The number of benzene rings is 1. The van der Waals surface area contributed by atoms with Crippen LogP contribution in [0.2, 0.25) is 0 Å². The fourth-order valence-corrected chi connectivity index (χ4v) is 3.96. The normalized spacial score (nSPS) is 14.6. The van der Waals surface area contributed by atoms with Gasteiger partial charge in [-0.2, -0.15) is 10.4 Å². The molecule has 9 nitrogen and oxygen atoms in total. The van der Waals surface area contributed by atoms with Gasteiger partial charge in [0.25, 0.3) is 5.91 Å². The lowest BCUT2D eigenvalue weighted by atomic mass is 10.1. The van der Waals surface area contributed by atoms with Gasteiger partial charge in [-0.25, -0.2) is 9.51 Å². The molecule has 176 valence electrons. The van der Waals surface area contributed by atoms with Gasteiger partial charge in [0.15, 0.2) is 6.19 Å². The minimum absolute atomic E-state index is 0.155. The molecule has 2 aromatic heterocycles. The molecular formula is C25H30N8O. The number of hydrogen-bond donors (Lipinski definition) is 4. The van der Waals surface area contributed by atoms with Crippen molar-refractivity contribution in [3.05, 3.63) is 53.9 Å². The summed E-state index contributed by atoms with van der Waals surface area (Å²) < 4.78 is 1.77. The van der Waals surface area contributed by atoms with E-state index in [0.717, 1.165) is 27.9 Å². The summed E-state index contributed by atoms with van der Waals surface area (Å²) in [7, 11) is 0. The second-order valence-electron chi connectivity index (χ2n) is 9.03. The minimum atomic E-state index is -0.500. The molecule has 0 radical (unpaired) electrons. The Labute approximate surface area is 199 Å². The zero-order valence-corrected chi connectivity index (χ0v) is 19.7. The molecule has 0 saturated heterocycles.